The Balaban J connectivity index is 3.30. The quantitative estimate of drug-likeness (QED) is 0.768. The summed E-state index contributed by atoms with van der Waals surface area (Å²) in [6.45, 7) is 1.61. The second-order valence-corrected chi connectivity index (χ2v) is 2.79. The molecule has 72 valence electrons. The van der Waals surface area contributed by atoms with E-state index in [4.69, 9.17) is 10.5 Å². The Bertz CT molecular complexity index is 313. The highest BCUT2D eigenvalue weighted by molar-refractivity contribution is 5.37. The first kappa shape index (κ1) is 9.92. The molecule has 1 rings (SSSR count). The van der Waals surface area contributed by atoms with Crippen LogP contribution in [0.4, 0.5) is 8.78 Å². The molecule has 4 heteroatoms. The summed E-state index contributed by atoms with van der Waals surface area (Å²) >= 11 is 0. The van der Waals surface area contributed by atoms with Gasteiger partial charge in [-0.3, -0.25) is 0 Å². The van der Waals surface area contributed by atoms with E-state index in [0.29, 0.717) is 0 Å². The molecule has 0 aromatic heterocycles. The molecule has 1 aromatic rings. The average Bonchev–Trinajstić information content (AvgIpc) is 2.01. The van der Waals surface area contributed by atoms with E-state index in [2.05, 4.69) is 0 Å². The van der Waals surface area contributed by atoms with Gasteiger partial charge >= 0.3 is 0 Å². The van der Waals surface area contributed by atoms with Crippen molar-refractivity contribution in [2.75, 3.05) is 7.11 Å². The largest absolute Gasteiger partial charge is 0.496 e. The van der Waals surface area contributed by atoms with E-state index in [-0.39, 0.29) is 11.3 Å². The Morgan fingerprint density at radius 1 is 1.38 bits per heavy atom. The maximum atomic E-state index is 13.1. The van der Waals surface area contributed by atoms with Gasteiger partial charge in [-0.25, -0.2) is 8.78 Å². The van der Waals surface area contributed by atoms with Crippen molar-refractivity contribution in [3.8, 4) is 5.75 Å². The lowest BCUT2D eigenvalue weighted by molar-refractivity contribution is 0.396. The first-order valence-corrected chi connectivity index (χ1v) is 3.84. The molecule has 2 nitrogen and oxygen atoms in total. The van der Waals surface area contributed by atoms with E-state index < -0.39 is 17.7 Å². The van der Waals surface area contributed by atoms with Gasteiger partial charge in [-0.2, -0.15) is 0 Å². The van der Waals surface area contributed by atoms with Gasteiger partial charge < -0.3 is 10.5 Å². The molecule has 0 saturated carbocycles. The summed E-state index contributed by atoms with van der Waals surface area (Å²) in [5, 5.41) is 0. The Morgan fingerprint density at radius 2 is 2.00 bits per heavy atom. The second kappa shape index (κ2) is 3.70. The van der Waals surface area contributed by atoms with Crippen molar-refractivity contribution in [3.63, 3.8) is 0 Å². The number of nitrogens with two attached hydrogens (primary N) is 1. The van der Waals surface area contributed by atoms with Crippen molar-refractivity contribution in [1.82, 2.24) is 0 Å². The summed E-state index contributed by atoms with van der Waals surface area (Å²) in [4.78, 5) is 0. The number of hydrogen-bond acceptors (Lipinski definition) is 2. The molecule has 0 spiro atoms. The van der Waals surface area contributed by atoms with E-state index >= 15 is 0 Å². The molecule has 0 saturated heterocycles. The van der Waals surface area contributed by atoms with Gasteiger partial charge in [0.2, 0.25) is 0 Å². The number of methoxy groups -OCH3 is 1. The van der Waals surface area contributed by atoms with E-state index in [0.717, 1.165) is 12.1 Å². The van der Waals surface area contributed by atoms with Crippen LogP contribution < -0.4 is 10.5 Å². The number of halogens is 2. The second-order valence-electron chi connectivity index (χ2n) is 2.79. The summed E-state index contributed by atoms with van der Waals surface area (Å²) in [6, 6.07) is 1.39. The zero-order chi connectivity index (χ0) is 10.0. The normalized spacial score (nSPS) is 12.7. The van der Waals surface area contributed by atoms with Gasteiger partial charge in [0.15, 0.2) is 0 Å². The SMILES string of the molecule is COc1cc(F)cc(F)c1[C@@H](C)N. The minimum absolute atomic E-state index is 0.146. The van der Waals surface area contributed by atoms with Gasteiger partial charge in [0, 0.05) is 23.7 Å². The van der Waals surface area contributed by atoms with Gasteiger partial charge in [0.05, 0.1) is 7.11 Å². The smallest absolute Gasteiger partial charge is 0.134 e. The zero-order valence-corrected chi connectivity index (χ0v) is 7.47. The number of rotatable bonds is 2. The van der Waals surface area contributed by atoms with Crippen molar-refractivity contribution < 1.29 is 13.5 Å². The summed E-state index contributed by atoms with van der Waals surface area (Å²) in [6.07, 6.45) is 0. The van der Waals surface area contributed by atoms with Gasteiger partial charge in [0.1, 0.15) is 17.4 Å². The number of ether oxygens (including phenoxy) is 1. The summed E-state index contributed by atoms with van der Waals surface area (Å²) < 4.78 is 30.7. The van der Waals surface area contributed by atoms with Crippen LogP contribution in [0.15, 0.2) is 12.1 Å². The van der Waals surface area contributed by atoms with Crippen molar-refractivity contribution in [2.45, 2.75) is 13.0 Å². The van der Waals surface area contributed by atoms with Gasteiger partial charge in [-0.05, 0) is 6.92 Å². The molecule has 0 unspecified atom stereocenters. The van der Waals surface area contributed by atoms with Crippen LogP contribution in [0.5, 0.6) is 5.75 Å². The van der Waals surface area contributed by atoms with E-state index in [9.17, 15) is 8.78 Å². The van der Waals surface area contributed by atoms with Crippen LogP contribution in [0.2, 0.25) is 0 Å². The summed E-state index contributed by atoms with van der Waals surface area (Å²) in [5.74, 6) is -1.20. The molecule has 0 heterocycles. The molecule has 0 aliphatic carbocycles. The number of hydrogen-bond donors (Lipinski definition) is 1. The van der Waals surface area contributed by atoms with Gasteiger partial charge in [0.25, 0.3) is 0 Å². The van der Waals surface area contributed by atoms with Crippen LogP contribution in [-0.2, 0) is 0 Å². The van der Waals surface area contributed by atoms with Crippen molar-refractivity contribution >= 4 is 0 Å². The fourth-order valence-corrected chi connectivity index (χ4v) is 1.17. The third-order valence-electron chi connectivity index (χ3n) is 1.73. The van der Waals surface area contributed by atoms with Gasteiger partial charge in [-0.15, -0.1) is 0 Å². The Labute approximate surface area is 75.3 Å². The Hall–Kier alpha value is -1.16. The molecule has 0 bridgehead atoms. The van der Waals surface area contributed by atoms with Crippen molar-refractivity contribution in [3.05, 3.63) is 29.3 Å². The minimum Gasteiger partial charge on any atom is -0.496 e. The van der Waals surface area contributed by atoms with Crippen LogP contribution in [0, 0.1) is 11.6 Å². The lowest BCUT2D eigenvalue weighted by Crippen LogP contribution is -2.09. The highest BCUT2D eigenvalue weighted by atomic mass is 19.1. The third kappa shape index (κ3) is 1.95. The highest BCUT2D eigenvalue weighted by Gasteiger charge is 2.14. The first-order chi connectivity index (χ1) is 6.06. The minimum atomic E-state index is -0.674. The summed E-state index contributed by atoms with van der Waals surface area (Å²) in [7, 11) is 1.35. The predicted octanol–water partition coefficient (Wildman–Crippen LogP) is 1.99. The fourth-order valence-electron chi connectivity index (χ4n) is 1.17. The van der Waals surface area contributed by atoms with Crippen molar-refractivity contribution in [2.24, 2.45) is 5.73 Å². The summed E-state index contributed by atoms with van der Waals surface area (Å²) in [5.41, 5.74) is 5.70. The highest BCUT2D eigenvalue weighted by Crippen LogP contribution is 2.27. The molecule has 13 heavy (non-hydrogen) atoms. The van der Waals surface area contributed by atoms with E-state index in [1.807, 2.05) is 0 Å². The topological polar surface area (TPSA) is 35.2 Å². The maximum Gasteiger partial charge on any atom is 0.134 e. The van der Waals surface area contributed by atoms with Crippen LogP contribution >= 0.6 is 0 Å². The van der Waals surface area contributed by atoms with E-state index in [1.54, 1.807) is 6.92 Å². The molecule has 1 atom stereocenters. The Kier molecular flexibility index (Phi) is 2.83. The van der Waals surface area contributed by atoms with Crippen molar-refractivity contribution in [1.29, 1.82) is 0 Å². The standard InChI is InChI=1S/C9H11F2NO/c1-5(12)9-7(11)3-6(10)4-8(9)13-2/h3-5H,12H2,1-2H3/t5-/m1/s1. The molecular formula is C9H11F2NO. The average molecular weight is 187 g/mol. The van der Waals surface area contributed by atoms with Crippen LogP contribution in [0.25, 0.3) is 0 Å². The molecule has 0 aliphatic rings. The number of benzene rings is 1. The predicted molar refractivity (Wildman–Crippen MR) is 45.5 cm³/mol. The molecule has 0 fully saturated rings. The zero-order valence-electron chi connectivity index (χ0n) is 7.47. The molecular weight excluding hydrogens is 176 g/mol. The molecule has 2 N–H and O–H groups in total. The lowest BCUT2D eigenvalue weighted by Gasteiger charge is -2.12. The maximum absolute atomic E-state index is 13.1. The van der Waals surface area contributed by atoms with Crippen LogP contribution in [-0.4, -0.2) is 7.11 Å². The van der Waals surface area contributed by atoms with Gasteiger partial charge in [-0.1, -0.05) is 0 Å². The fraction of sp³-hybridized carbons (Fsp3) is 0.333. The third-order valence-corrected chi connectivity index (χ3v) is 1.73. The lowest BCUT2D eigenvalue weighted by atomic mass is 10.1. The first-order valence-electron chi connectivity index (χ1n) is 3.84. The van der Waals surface area contributed by atoms with Crippen LogP contribution in [0.1, 0.15) is 18.5 Å². The molecule has 0 radical (unpaired) electrons. The van der Waals surface area contributed by atoms with E-state index in [1.165, 1.54) is 7.11 Å². The Morgan fingerprint density at radius 3 is 2.46 bits per heavy atom. The monoisotopic (exact) mass is 187 g/mol. The molecule has 1 aromatic carbocycles. The molecule has 0 amide bonds. The van der Waals surface area contributed by atoms with Crippen LogP contribution in [0.3, 0.4) is 0 Å². The molecule has 0 aliphatic heterocycles.